The molecule has 0 bridgehead atoms. The number of phenols is 1. The highest BCUT2D eigenvalue weighted by Gasteiger charge is 2.64. The minimum absolute atomic E-state index is 0.0146. The third-order valence-corrected chi connectivity index (χ3v) is 4.99. The molecule has 2 N–H and O–H groups in total. The summed E-state index contributed by atoms with van der Waals surface area (Å²) in [5.74, 6) is -0.0284. The molecule has 5 rings (SSSR count). The number of benzene rings is 1. The number of aromatic hydroxyl groups is 1. The first-order chi connectivity index (χ1) is 10.2. The van der Waals surface area contributed by atoms with Crippen molar-refractivity contribution in [2.24, 2.45) is 0 Å². The van der Waals surface area contributed by atoms with Crippen LogP contribution in [0.3, 0.4) is 0 Å². The molecule has 0 aromatic heterocycles. The fraction of sp³-hybridized carbons (Fsp3) is 0.500. The maximum atomic E-state index is 11.2. The second kappa shape index (κ2) is 3.87. The monoisotopic (exact) mass is 288 g/mol. The van der Waals surface area contributed by atoms with Gasteiger partial charge in [0.05, 0.1) is 19.3 Å². The van der Waals surface area contributed by atoms with Gasteiger partial charge in [-0.15, -0.1) is 0 Å². The second-order valence-electron chi connectivity index (χ2n) is 6.28. The highest BCUT2D eigenvalue weighted by Crippen LogP contribution is 2.54. The van der Waals surface area contributed by atoms with Crippen molar-refractivity contribution >= 4 is 6.08 Å². The van der Waals surface area contributed by atoms with E-state index in [9.17, 15) is 10.2 Å². The first-order valence-electron chi connectivity index (χ1n) is 7.30. The lowest BCUT2D eigenvalue weighted by Crippen LogP contribution is -2.45. The molecule has 6 unspecified atom stereocenters. The number of epoxide rings is 2. The summed E-state index contributed by atoms with van der Waals surface area (Å²) in [6.45, 7) is 1.02. The molecule has 0 saturated carbocycles. The van der Waals surface area contributed by atoms with E-state index in [4.69, 9.17) is 14.2 Å². The Morgan fingerprint density at radius 1 is 1.14 bits per heavy atom. The van der Waals surface area contributed by atoms with E-state index in [1.165, 1.54) is 0 Å². The lowest BCUT2D eigenvalue weighted by molar-refractivity contribution is 0.0211. The molecular formula is C16H16O5. The Balaban J connectivity index is 1.66. The number of hydrogen-bond donors (Lipinski definition) is 2. The Hall–Kier alpha value is -1.40. The maximum Gasteiger partial charge on any atom is 0.121 e. The van der Waals surface area contributed by atoms with Crippen LogP contribution in [-0.4, -0.2) is 53.4 Å². The fourth-order valence-corrected chi connectivity index (χ4v) is 3.83. The van der Waals surface area contributed by atoms with Crippen LogP contribution in [0.25, 0.3) is 6.08 Å². The van der Waals surface area contributed by atoms with E-state index < -0.39 is 5.60 Å². The van der Waals surface area contributed by atoms with Gasteiger partial charge in [0, 0.05) is 5.92 Å². The topological polar surface area (TPSA) is 74.8 Å². The quantitative estimate of drug-likeness (QED) is 0.691. The average molecular weight is 288 g/mol. The lowest BCUT2D eigenvalue weighted by Gasteiger charge is -2.36. The van der Waals surface area contributed by atoms with Crippen LogP contribution in [0.1, 0.15) is 17.0 Å². The molecule has 1 aromatic rings. The summed E-state index contributed by atoms with van der Waals surface area (Å²) in [5, 5.41) is 21.1. The average Bonchev–Trinajstić information content (AvgIpc) is 3.35. The van der Waals surface area contributed by atoms with Crippen LogP contribution in [-0.2, 0) is 14.2 Å². The zero-order chi connectivity index (χ0) is 14.2. The molecule has 1 aromatic carbocycles. The number of hydrogen-bond acceptors (Lipinski definition) is 5. The molecule has 6 atom stereocenters. The van der Waals surface area contributed by atoms with E-state index in [0.717, 1.165) is 11.1 Å². The van der Waals surface area contributed by atoms with Crippen molar-refractivity contribution in [1.29, 1.82) is 0 Å². The lowest BCUT2D eigenvalue weighted by atomic mass is 9.71. The van der Waals surface area contributed by atoms with Crippen LogP contribution in [0.5, 0.6) is 5.75 Å². The summed E-state index contributed by atoms with van der Waals surface area (Å²) in [5.41, 5.74) is 0.830. The van der Waals surface area contributed by atoms with Gasteiger partial charge in [0.25, 0.3) is 0 Å². The maximum absolute atomic E-state index is 11.2. The van der Waals surface area contributed by atoms with Crippen LogP contribution in [0.4, 0.5) is 0 Å². The number of fused-ring (bicyclic) bond motifs is 7. The number of aliphatic hydroxyl groups is 1. The molecule has 4 aliphatic rings. The molecule has 0 radical (unpaired) electrons. The summed E-state index contributed by atoms with van der Waals surface area (Å²) in [6.07, 6.45) is 3.33. The standard InChI is InChI=1S/C16H16O5/c17-9-2-1-8-3-4-16(18)13(10(8)5-9)14-11(20-14)6-19-7-12-15(16)21-12/h1-5,11-15,17-18H,6-7H2. The molecule has 3 aliphatic heterocycles. The number of ether oxygens (including phenoxy) is 3. The Kier molecular flexibility index (Phi) is 2.24. The minimum atomic E-state index is -1.10. The number of rotatable bonds is 0. The summed E-state index contributed by atoms with van der Waals surface area (Å²) < 4.78 is 17.0. The Morgan fingerprint density at radius 3 is 2.90 bits per heavy atom. The van der Waals surface area contributed by atoms with E-state index >= 15 is 0 Å². The molecule has 3 fully saturated rings. The van der Waals surface area contributed by atoms with E-state index in [1.54, 1.807) is 12.1 Å². The van der Waals surface area contributed by atoms with Crippen LogP contribution >= 0.6 is 0 Å². The predicted molar refractivity (Wildman–Crippen MR) is 73.0 cm³/mol. The van der Waals surface area contributed by atoms with Gasteiger partial charge in [0.1, 0.15) is 29.7 Å². The van der Waals surface area contributed by atoms with Gasteiger partial charge < -0.3 is 24.4 Å². The van der Waals surface area contributed by atoms with Crippen molar-refractivity contribution in [2.75, 3.05) is 13.2 Å². The molecule has 0 amide bonds. The summed E-state index contributed by atoms with van der Waals surface area (Å²) in [6, 6.07) is 5.25. The molecule has 5 nitrogen and oxygen atoms in total. The normalized spacial score (nSPS) is 46.0. The summed E-state index contributed by atoms with van der Waals surface area (Å²) in [4.78, 5) is 0. The Labute approximate surface area is 121 Å². The molecule has 3 heterocycles. The molecule has 21 heavy (non-hydrogen) atoms. The van der Waals surface area contributed by atoms with Gasteiger partial charge in [0.2, 0.25) is 0 Å². The van der Waals surface area contributed by atoms with E-state index in [1.807, 2.05) is 18.2 Å². The largest absolute Gasteiger partial charge is 0.508 e. The van der Waals surface area contributed by atoms with Crippen LogP contribution < -0.4 is 0 Å². The predicted octanol–water partition coefficient (Wildman–Crippen LogP) is 0.799. The Morgan fingerprint density at radius 2 is 2.00 bits per heavy atom. The van der Waals surface area contributed by atoms with Crippen LogP contribution in [0, 0.1) is 0 Å². The van der Waals surface area contributed by atoms with E-state index in [-0.39, 0.29) is 36.1 Å². The third kappa shape index (κ3) is 1.66. The van der Waals surface area contributed by atoms with Crippen molar-refractivity contribution in [3.05, 3.63) is 35.4 Å². The molecule has 0 spiro atoms. The molecule has 1 aliphatic carbocycles. The van der Waals surface area contributed by atoms with Gasteiger partial charge in [0.15, 0.2) is 0 Å². The number of phenolic OH excluding ortho intramolecular Hbond substituents is 1. The van der Waals surface area contributed by atoms with Crippen molar-refractivity contribution in [1.82, 2.24) is 0 Å². The smallest absolute Gasteiger partial charge is 0.121 e. The highest BCUT2D eigenvalue weighted by molar-refractivity contribution is 5.63. The first-order valence-corrected chi connectivity index (χ1v) is 7.30. The van der Waals surface area contributed by atoms with Crippen LogP contribution in [0.15, 0.2) is 24.3 Å². The van der Waals surface area contributed by atoms with Crippen molar-refractivity contribution in [3.63, 3.8) is 0 Å². The van der Waals surface area contributed by atoms with Crippen molar-refractivity contribution in [2.45, 2.75) is 35.9 Å². The Bertz CT molecular complexity index is 642. The van der Waals surface area contributed by atoms with Crippen LogP contribution in [0.2, 0.25) is 0 Å². The third-order valence-electron chi connectivity index (χ3n) is 4.99. The zero-order valence-electron chi connectivity index (χ0n) is 11.3. The second-order valence-corrected chi connectivity index (χ2v) is 6.28. The summed E-state index contributed by atoms with van der Waals surface area (Å²) in [7, 11) is 0. The summed E-state index contributed by atoms with van der Waals surface area (Å²) >= 11 is 0. The van der Waals surface area contributed by atoms with Gasteiger partial charge in [-0.1, -0.05) is 12.1 Å². The SMILES string of the molecule is Oc1ccc2c(c1)C1C3OC3COCC3OC3C1(O)C=C2. The van der Waals surface area contributed by atoms with Crippen molar-refractivity contribution in [3.8, 4) is 5.75 Å². The van der Waals surface area contributed by atoms with Gasteiger partial charge in [-0.2, -0.15) is 0 Å². The molecule has 5 heteroatoms. The first kappa shape index (κ1) is 12.2. The molecular weight excluding hydrogens is 272 g/mol. The zero-order valence-corrected chi connectivity index (χ0v) is 11.3. The highest BCUT2D eigenvalue weighted by atomic mass is 16.6. The minimum Gasteiger partial charge on any atom is -0.508 e. The van der Waals surface area contributed by atoms with E-state index in [2.05, 4.69) is 0 Å². The van der Waals surface area contributed by atoms with Gasteiger partial charge in [-0.25, -0.2) is 0 Å². The van der Waals surface area contributed by atoms with Gasteiger partial charge in [-0.05, 0) is 29.3 Å². The molecule has 3 saturated heterocycles. The van der Waals surface area contributed by atoms with Gasteiger partial charge >= 0.3 is 0 Å². The van der Waals surface area contributed by atoms with Crippen molar-refractivity contribution < 1.29 is 24.4 Å². The van der Waals surface area contributed by atoms with E-state index in [0.29, 0.717) is 13.2 Å². The fourth-order valence-electron chi connectivity index (χ4n) is 3.83. The molecule has 110 valence electrons. The van der Waals surface area contributed by atoms with Gasteiger partial charge in [-0.3, -0.25) is 0 Å².